The second kappa shape index (κ2) is 8.52. The van der Waals surface area contributed by atoms with E-state index >= 15 is 0 Å². The number of ketones is 1. The first-order valence-electron chi connectivity index (χ1n) is 11.2. The van der Waals surface area contributed by atoms with Crippen molar-refractivity contribution in [1.82, 2.24) is 15.1 Å². The number of hydrogen-bond donors (Lipinski definition) is 1. The van der Waals surface area contributed by atoms with Crippen molar-refractivity contribution in [3.63, 3.8) is 0 Å². The van der Waals surface area contributed by atoms with E-state index in [2.05, 4.69) is 10.4 Å². The third kappa shape index (κ3) is 3.79. The summed E-state index contributed by atoms with van der Waals surface area (Å²) in [7, 11) is 1.79. The van der Waals surface area contributed by atoms with Gasteiger partial charge in [-0.25, -0.2) is 8.78 Å². The summed E-state index contributed by atoms with van der Waals surface area (Å²) in [6, 6.07) is 11.7. The molecule has 2 aliphatic rings. The molecule has 1 unspecified atom stereocenters. The topological polar surface area (TPSA) is 67.2 Å². The van der Waals surface area contributed by atoms with Crippen molar-refractivity contribution in [3.05, 3.63) is 88.7 Å². The SMILES string of the molecule is CC1=C(C(=O)N[C@H](c2cccc(F)c2)C2CCC2=O)c2cccc(F)c2CN1c1ccn(C)n1. The van der Waals surface area contributed by atoms with Crippen molar-refractivity contribution in [2.75, 3.05) is 4.90 Å². The number of nitrogens with one attached hydrogen (secondary N) is 1. The highest BCUT2D eigenvalue weighted by Gasteiger charge is 2.39. The molecule has 34 heavy (non-hydrogen) atoms. The number of allylic oxidation sites excluding steroid dienone is 1. The quantitative estimate of drug-likeness (QED) is 0.615. The number of carbonyl (C=O) groups excluding carboxylic acids is 2. The van der Waals surface area contributed by atoms with Gasteiger partial charge >= 0.3 is 0 Å². The molecular formula is C26H24F2N4O2. The van der Waals surface area contributed by atoms with E-state index in [0.29, 0.717) is 46.6 Å². The third-order valence-electron chi connectivity index (χ3n) is 6.69. The van der Waals surface area contributed by atoms with E-state index in [-0.39, 0.29) is 12.3 Å². The molecule has 1 aromatic heterocycles. The summed E-state index contributed by atoms with van der Waals surface area (Å²) in [5.41, 5.74) is 2.35. The molecule has 0 bridgehead atoms. The Labute approximate surface area is 195 Å². The second-order valence-electron chi connectivity index (χ2n) is 8.78. The normalized spacial score (nSPS) is 18.4. The highest BCUT2D eigenvalue weighted by Crippen LogP contribution is 2.38. The fourth-order valence-electron chi connectivity index (χ4n) is 4.76. The first-order chi connectivity index (χ1) is 16.3. The van der Waals surface area contributed by atoms with Crippen LogP contribution in [-0.2, 0) is 23.2 Å². The molecule has 6 nitrogen and oxygen atoms in total. The Bertz CT molecular complexity index is 1330. The Morgan fingerprint density at radius 3 is 2.62 bits per heavy atom. The van der Waals surface area contributed by atoms with E-state index in [1.165, 1.54) is 18.2 Å². The first kappa shape index (κ1) is 22.0. The Morgan fingerprint density at radius 2 is 1.97 bits per heavy atom. The standard InChI is InChI=1S/C26H24F2N4O2/c1-15-24(18-7-4-8-21(28)20(18)14-32(15)23-11-12-31(2)30-23)26(34)29-25(19-9-10-22(19)33)16-5-3-6-17(27)13-16/h3-8,11-13,19,25H,9-10,14H2,1-2H3,(H,29,34)/t19?,25-/m1/s1. The predicted molar refractivity (Wildman–Crippen MR) is 123 cm³/mol. The summed E-state index contributed by atoms with van der Waals surface area (Å²) in [6.07, 6.45) is 2.83. The molecule has 8 heteroatoms. The number of amides is 1. The van der Waals surface area contributed by atoms with Gasteiger partial charge < -0.3 is 10.2 Å². The minimum absolute atomic E-state index is 0.0328. The highest BCUT2D eigenvalue weighted by molar-refractivity contribution is 6.22. The van der Waals surface area contributed by atoms with Gasteiger partial charge in [0.05, 0.1) is 18.2 Å². The van der Waals surface area contributed by atoms with Gasteiger partial charge in [0.15, 0.2) is 5.82 Å². The zero-order valence-electron chi connectivity index (χ0n) is 18.9. The highest BCUT2D eigenvalue weighted by atomic mass is 19.1. The van der Waals surface area contributed by atoms with Crippen molar-refractivity contribution >= 4 is 23.1 Å². The Kier molecular flexibility index (Phi) is 5.51. The van der Waals surface area contributed by atoms with Crippen molar-refractivity contribution < 1.29 is 18.4 Å². The molecule has 0 radical (unpaired) electrons. The molecule has 0 spiro atoms. The summed E-state index contributed by atoms with van der Waals surface area (Å²) in [5.74, 6) is -1.09. The van der Waals surface area contributed by atoms with Gasteiger partial charge in [-0.3, -0.25) is 14.3 Å². The lowest BCUT2D eigenvalue weighted by Crippen LogP contribution is -2.42. The van der Waals surface area contributed by atoms with Gasteiger partial charge in [0.2, 0.25) is 0 Å². The zero-order valence-corrected chi connectivity index (χ0v) is 18.9. The smallest absolute Gasteiger partial charge is 0.254 e. The van der Waals surface area contributed by atoms with Gasteiger partial charge in [-0.15, -0.1) is 0 Å². The van der Waals surface area contributed by atoms with Crippen LogP contribution >= 0.6 is 0 Å². The van der Waals surface area contributed by atoms with E-state index in [0.717, 1.165) is 0 Å². The second-order valence-corrected chi connectivity index (χ2v) is 8.78. The lowest BCUT2D eigenvalue weighted by atomic mass is 9.75. The maximum Gasteiger partial charge on any atom is 0.254 e. The third-order valence-corrected chi connectivity index (χ3v) is 6.69. The van der Waals surface area contributed by atoms with Crippen LogP contribution in [0.25, 0.3) is 5.57 Å². The molecule has 5 rings (SSSR count). The average molecular weight is 463 g/mol. The molecule has 1 amide bonds. The number of hydrogen-bond acceptors (Lipinski definition) is 4. The van der Waals surface area contributed by atoms with Gasteiger partial charge in [-0.05, 0) is 42.7 Å². The number of Topliss-reactive ketones (excluding diaryl/α,β-unsaturated/α-hetero) is 1. The number of nitrogens with zero attached hydrogens (tertiary/aromatic N) is 3. The monoisotopic (exact) mass is 462 g/mol. The van der Waals surface area contributed by atoms with Crippen LogP contribution in [0.1, 0.15) is 42.5 Å². The Morgan fingerprint density at radius 1 is 1.18 bits per heavy atom. The summed E-state index contributed by atoms with van der Waals surface area (Å²) >= 11 is 0. The molecule has 174 valence electrons. The number of benzene rings is 2. The molecule has 2 heterocycles. The molecule has 1 saturated carbocycles. The number of rotatable bonds is 5. The summed E-state index contributed by atoms with van der Waals surface area (Å²) in [4.78, 5) is 27.8. The van der Waals surface area contributed by atoms with Gasteiger partial charge in [-0.2, -0.15) is 5.10 Å². The average Bonchev–Trinajstić information content (AvgIpc) is 3.23. The molecule has 2 atom stereocenters. The molecular weight excluding hydrogens is 438 g/mol. The maximum absolute atomic E-state index is 14.9. The lowest BCUT2D eigenvalue weighted by molar-refractivity contribution is -0.131. The molecule has 1 aliphatic heterocycles. The summed E-state index contributed by atoms with van der Waals surface area (Å²) in [6.45, 7) is 2.03. The van der Waals surface area contributed by atoms with Crippen LogP contribution < -0.4 is 10.2 Å². The number of aromatic nitrogens is 2. The van der Waals surface area contributed by atoms with E-state index in [1.54, 1.807) is 60.1 Å². The molecule has 0 saturated heterocycles. The molecule has 2 aromatic carbocycles. The predicted octanol–water partition coefficient (Wildman–Crippen LogP) is 4.29. The van der Waals surface area contributed by atoms with Crippen molar-refractivity contribution in [2.45, 2.75) is 32.4 Å². The number of anilines is 1. The largest absolute Gasteiger partial charge is 0.344 e. The van der Waals surface area contributed by atoms with Crippen LogP contribution in [0.5, 0.6) is 0 Å². The van der Waals surface area contributed by atoms with Gasteiger partial charge in [0, 0.05) is 42.9 Å². The van der Waals surface area contributed by atoms with Crippen molar-refractivity contribution in [1.29, 1.82) is 0 Å². The van der Waals surface area contributed by atoms with Gasteiger partial charge in [-0.1, -0.05) is 24.3 Å². The molecule has 1 aliphatic carbocycles. The van der Waals surface area contributed by atoms with E-state index < -0.39 is 29.5 Å². The number of aryl methyl sites for hydroxylation is 1. The minimum Gasteiger partial charge on any atom is -0.344 e. The first-order valence-corrected chi connectivity index (χ1v) is 11.2. The van der Waals surface area contributed by atoms with E-state index in [1.807, 2.05) is 0 Å². The fraction of sp³-hybridized carbons (Fsp3) is 0.269. The maximum atomic E-state index is 14.9. The fourth-order valence-corrected chi connectivity index (χ4v) is 4.76. The van der Waals surface area contributed by atoms with Crippen LogP contribution in [0, 0.1) is 17.6 Å². The number of carbonyl (C=O) groups is 2. The van der Waals surface area contributed by atoms with Crippen molar-refractivity contribution in [2.24, 2.45) is 13.0 Å². The Balaban J connectivity index is 1.57. The van der Waals surface area contributed by atoms with Gasteiger partial charge in [0.1, 0.15) is 17.4 Å². The minimum atomic E-state index is -0.674. The van der Waals surface area contributed by atoms with Crippen LogP contribution in [0.2, 0.25) is 0 Å². The molecule has 3 aromatic rings. The van der Waals surface area contributed by atoms with Gasteiger partial charge in [0.25, 0.3) is 5.91 Å². The molecule has 1 N–H and O–H groups in total. The number of halogens is 2. The van der Waals surface area contributed by atoms with Crippen LogP contribution in [-0.4, -0.2) is 21.5 Å². The van der Waals surface area contributed by atoms with Crippen LogP contribution in [0.4, 0.5) is 14.6 Å². The van der Waals surface area contributed by atoms with E-state index in [4.69, 9.17) is 0 Å². The lowest BCUT2D eigenvalue weighted by Gasteiger charge is -2.35. The van der Waals surface area contributed by atoms with Crippen LogP contribution in [0.3, 0.4) is 0 Å². The molecule has 1 fully saturated rings. The Hall–Kier alpha value is -3.81. The van der Waals surface area contributed by atoms with E-state index in [9.17, 15) is 18.4 Å². The van der Waals surface area contributed by atoms with Crippen LogP contribution in [0.15, 0.2) is 60.4 Å². The summed E-state index contributed by atoms with van der Waals surface area (Å²) < 4.78 is 30.5. The van der Waals surface area contributed by atoms with Crippen molar-refractivity contribution in [3.8, 4) is 0 Å². The summed E-state index contributed by atoms with van der Waals surface area (Å²) in [5, 5.41) is 7.40. The number of fused-ring (bicyclic) bond motifs is 1. The zero-order chi connectivity index (χ0) is 24.0.